The van der Waals surface area contributed by atoms with Crippen molar-refractivity contribution in [3.8, 4) is 0 Å². The van der Waals surface area contributed by atoms with E-state index in [4.69, 9.17) is 15.2 Å². The molecule has 2 unspecified atom stereocenters. The van der Waals surface area contributed by atoms with Gasteiger partial charge in [-0.05, 0) is 31.0 Å². The fourth-order valence-electron chi connectivity index (χ4n) is 4.41. The van der Waals surface area contributed by atoms with Crippen LogP contribution in [0.25, 0.3) is 0 Å². The smallest absolute Gasteiger partial charge is 0.233 e. The van der Waals surface area contributed by atoms with Crippen LogP contribution in [0.5, 0.6) is 0 Å². The molecule has 0 radical (unpaired) electrons. The van der Waals surface area contributed by atoms with Crippen molar-refractivity contribution in [2.24, 2.45) is 11.1 Å². The maximum Gasteiger partial charge on any atom is 0.233 e. The zero-order valence-electron chi connectivity index (χ0n) is 13.0. The molecule has 1 aromatic rings. The molecule has 2 saturated heterocycles. The molecule has 1 aromatic carbocycles. The van der Waals surface area contributed by atoms with Gasteiger partial charge in [-0.3, -0.25) is 4.79 Å². The standard InChI is InChI=1S/C17H21FN2O3/c18-12-2-1-3-14(8-12)20-5-4-16(15(20)21)9-13(19)10-17(11-16)22-6-7-23-17/h1-3,8,13H,4-7,9-11,19H2. The molecule has 2 N–H and O–H groups in total. The van der Waals surface area contributed by atoms with Crippen LogP contribution in [0.4, 0.5) is 10.1 Å². The van der Waals surface area contributed by atoms with Crippen LogP contribution in [0.15, 0.2) is 24.3 Å². The zero-order chi connectivity index (χ0) is 16.1. The van der Waals surface area contributed by atoms with E-state index >= 15 is 0 Å². The number of anilines is 1. The minimum atomic E-state index is -0.717. The average Bonchev–Trinajstić information content (AvgIpc) is 3.05. The topological polar surface area (TPSA) is 64.8 Å². The van der Waals surface area contributed by atoms with E-state index in [1.807, 2.05) is 0 Å². The number of nitrogens with zero attached hydrogens (tertiary/aromatic N) is 1. The van der Waals surface area contributed by atoms with Gasteiger partial charge in [-0.15, -0.1) is 0 Å². The fourth-order valence-corrected chi connectivity index (χ4v) is 4.41. The van der Waals surface area contributed by atoms with E-state index in [0.29, 0.717) is 51.1 Å². The molecule has 1 aliphatic carbocycles. The van der Waals surface area contributed by atoms with E-state index in [9.17, 15) is 9.18 Å². The van der Waals surface area contributed by atoms with E-state index in [1.165, 1.54) is 12.1 Å². The van der Waals surface area contributed by atoms with E-state index in [0.717, 1.165) is 0 Å². The predicted molar refractivity (Wildman–Crippen MR) is 82.3 cm³/mol. The first-order chi connectivity index (χ1) is 11.0. The molecular formula is C17H21FN2O3. The minimum absolute atomic E-state index is 0.0109. The zero-order valence-corrected chi connectivity index (χ0v) is 13.0. The predicted octanol–water partition coefficient (Wildman–Crippen LogP) is 1.80. The first kappa shape index (κ1) is 15.1. The largest absolute Gasteiger partial charge is 0.347 e. The first-order valence-electron chi connectivity index (χ1n) is 8.13. The van der Waals surface area contributed by atoms with Crippen LogP contribution in [-0.2, 0) is 14.3 Å². The molecule has 2 spiro atoms. The van der Waals surface area contributed by atoms with Gasteiger partial charge in [0.15, 0.2) is 5.79 Å². The van der Waals surface area contributed by atoms with Crippen LogP contribution < -0.4 is 10.6 Å². The molecule has 6 heteroatoms. The number of ether oxygens (including phenoxy) is 2. The lowest BCUT2D eigenvalue weighted by Crippen LogP contribution is -2.53. The fraction of sp³-hybridized carbons (Fsp3) is 0.588. The summed E-state index contributed by atoms with van der Waals surface area (Å²) in [6, 6.07) is 6.04. The number of carbonyl (C=O) groups excluding carboxylic acids is 1. The van der Waals surface area contributed by atoms with Gasteiger partial charge in [-0.2, -0.15) is 0 Å². The second kappa shape index (κ2) is 5.26. The Morgan fingerprint density at radius 1 is 1.26 bits per heavy atom. The third-order valence-electron chi connectivity index (χ3n) is 5.28. The number of halogens is 1. The lowest BCUT2D eigenvalue weighted by Gasteiger charge is -2.44. The first-order valence-corrected chi connectivity index (χ1v) is 8.13. The van der Waals surface area contributed by atoms with Crippen LogP contribution in [0.2, 0.25) is 0 Å². The summed E-state index contributed by atoms with van der Waals surface area (Å²) in [7, 11) is 0. The Balaban J connectivity index is 1.63. The van der Waals surface area contributed by atoms with Crippen LogP contribution in [0, 0.1) is 11.2 Å². The van der Waals surface area contributed by atoms with Crippen molar-refractivity contribution >= 4 is 11.6 Å². The quantitative estimate of drug-likeness (QED) is 0.857. The van der Waals surface area contributed by atoms with E-state index < -0.39 is 11.2 Å². The van der Waals surface area contributed by atoms with Gasteiger partial charge in [0.05, 0.1) is 18.6 Å². The minimum Gasteiger partial charge on any atom is -0.347 e. The van der Waals surface area contributed by atoms with Crippen LogP contribution in [0.1, 0.15) is 25.7 Å². The van der Waals surface area contributed by atoms with Crippen molar-refractivity contribution in [3.63, 3.8) is 0 Å². The van der Waals surface area contributed by atoms with Crippen molar-refractivity contribution in [2.45, 2.75) is 37.5 Å². The highest BCUT2D eigenvalue weighted by Crippen LogP contribution is 2.51. The lowest BCUT2D eigenvalue weighted by molar-refractivity contribution is -0.204. The van der Waals surface area contributed by atoms with Crippen molar-refractivity contribution in [2.75, 3.05) is 24.7 Å². The number of carbonyl (C=O) groups is 1. The molecule has 4 rings (SSSR count). The number of nitrogens with two attached hydrogens (primary N) is 1. The highest BCUT2D eigenvalue weighted by Gasteiger charge is 2.57. The van der Waals surface area contributed by atoms with Crippen LogP contribution >= 0.6 is 0 Å². The molecule has 0 bridgehead atoms. The Labute approximate surface area is 134 Å². The highest BCUT2D eigenvalue weighted by molar-refractivity contribution is 6.00. The molecule has 5 nitrogen and oxygen atoms in total. The van der Waals surface area contributed by atoms with Gasteiger partial charge in [0.1, 0.15) is 5.82 Å². The van der Waals surface area contributed by atoms with Crippen LogP contribution in [-0.4, -0.2) is 37.5 Å². The Morgan fingerprint density at radius 2 is 2.04 bits per heavy atom. The molecule has 2 aliphatic heterocycles. The summed E-state index contributed by atoms with van der Waals surface area (Å²) in [5, 5.41) is 0. The summed E-state index contributed by atoms with van der Waals surface area (Å²) < 4.78 is 25.1. The van der Waals surface area contributed by atoms with Gasteiger partial charge in [0.2, 0.25) is 5.91 Å². The van der Waals surface area contributed by atoms with Gasteiger partial charge >= 0.3 is 0 Å². The molecule has 3 fully saturated rings. The summed E-state index contributed by atoms with van der Waals surface area (Å²) in [5.41, 5.74) is 6.27. The van der Waals surface area contributed by atoms with Crippen molar-refractivity contribution < 1.29 is 18.7 Å². The SMILES string of the molecule is NC1CC2(CC3(CCN(c4cccc(F)c4)C3=O)C1)OCCO2. The van der Waals surface area contributed by atoms with E-state index in [1.54, 1.807) is 17.0 Å². The van der Waals surface area contributed by atoms with Gasteiger partial charge in [-0.1, -0.05) is 6.07 Å². The van der Waals surface area contributed by atoms with E-state index in [-0.39, 0.29) is 17.8 Å². The highest BCUT2D eigenvalue weighted by atomic mass is 19.1. The summed E-state index contributed by atoms with van der Waals surface area (Å²) in [5.74, 6) is -1.04. The second-order valence-electron chi connectivity index (χ2n) is 6.92. The molecular weight excluding hydrogens is 299 g/mol. The van der Waals surface area contributed by atoms with Crippen molar-refractivity contribution in [3.05, 3.63) is 30.1 Å². The maximum absolute atomic E-state index is 13.5. The molecule has 124 valence electrons. The Morgan fingerprint density at radius 3 is 2.78 bits per heavy atom. The molecule has 2 atom stereocenters. The van der Waals surface area contributed by atoms with Crippen LogP contribution in [0.3, 0.4) is 0 Å². The number of benzene rings is 1. The molecule has 0 aromatic heterocycles. The molecule has 23 heavy (non-hydrogen) atoms. The summed E-state index contributed by atoms with van der Waals surface area (Å²) in [6.07, 6.45) is 2.50. The van der Waals surface area contributed by atoms with Crippen molar-refractivity contribution in [1.82, 2.24) is 0 Å². The maximum atomic E-state index is 13.5. The van der Waals surface area contributed by atoms with Gasteiger partial charge in [-0.25, -0.2) is 4.39 Å². The average molecular weight is 320 g/mol. The molecule has 1 amide bonds. The summed E-state index contributed by atoms with van der Waals surface area (Å²) in [6.45, 7) is 1.67. The second-order valence-corrected chi connectivity index (χ2v) is 6.92. The molecule has 1 saturated carbocycles. The number of amides is 1. The number of hydrogen-bond donors (Lipinski definition) is 1. The van der Waals surface area contributed by atoms with Crippen molar-refractivity contribution in [1.29, 1.82) is 0 Å². The number of hydrogen-bond acceptors (Lipinski definition) is 4. The summed E-state index contributed by atoms with van der Waals surface area (Å²) in [4.78, 5) is 14.8. The Hall–Kier alpha value is -1.50. The number of rotatable bonds is 1. The molecule has 2 heterocycles. The monoisotopic (exact) mass is 320 g/mol. The third kappa shape index (κ3) is 2.45. The van der Waals surface area contributed by atoms with Gasteiger partial charge < -0.3 is 20.1 Å². The normalized spacial score (nSPS) is 33.0. The van der Waals surface area contributed by atoms with Gasteiger partial charge in [0.25, 0.3) is 0 Å². The lowest BCUT2D eigenvalue weighted by atomic mass is 9.68. The third-order valence-corrected chi connectivity index (χ3v) is 5.28. The summed E-state index contributed by atoms with van der Waals surface area (Å²) >= 11 is 0. The Bertz CT molecular complexity index is 632. The van der Waals surface area contributed by atoms with E-state index in [2.05, 4.69) is 0 Å². The Kier molecular flexibility index (Phi) is 3.44. The molecule has 3 aliphatic rings. The van der Waals surface area contributed by atoms with Gasteiger partial charge in [0, 0.05) is 31.1 Å².